The predicted molar refractivity (Wildman–Crippen MR) is 75.9 cm³/mol. The highest BCUT2D eigenvalue weighted by atomic mass is 16.2. The van der Waals surface area contributed by atoms with Crippen LogP contribution < -0.4 is 5.32 Å². The normalized spacial score (nSPS) is 18.2. The van der Waals surface area contributed by atoms with Crippen LogP contribution in [-0.2, 0) is 6.54 Å². The number of H-pyrrole nitrogens is 1. The third-order valence-corrected chi connectivity index (χ3v) is 3.69. The van der Waals surface area contributed by atoms with E-state index in [-0.39, 0.29) is 12.1 Å². The Bertz CT molecular complexity index is 553. The van der Waals surface area contributed by atoms with Gasteiger partial charge >= 0.3 is 6.03 Å². The summed E-state index contributed by atoms with van der Waals surface area (Å²) in [5.74, 6) is 0. The van der Waals surface area contributed by atoms with Crippen molar-refractivity contribution in [1.29, 1.82) is 0 Å². The Balaban J connectivity index is 1.62. The number of hydrogen-bond donors (Lipinski definition) is 2. The van der Waals surface area contributed by atoms with Gasteiger partial charge in [-0.05, 0) is 42.7 Å². The summed E-state index contributed by atoms with van der Waals surface area (Å²) in [7, 11) is 0. The van der Waals surface area contributed by atoms with E-state index in [9.17, 15) is 4.79 Å². The second kappa shape index (κ2) is 5.77. The van der Waals surface area contributed by atoms with Crippen molar-refractivity contribution in [2.45, 2.75) is 25.4 Å². The van der Waals surface area contributed by atoms with Crippen LogP contribution >= 0.6 is 0 Å². The van der Waals surface area contributed by atoms with E-state index in [1.165, 1.54) is 0 Å². The van der Waals surface area contributed by atoms with Crippen LogP contribution in [0.2, 0.25) is 0 Å². The van der Waals surface area contributed by atoms with Gasteiger partial charge in [-0.3, -0.25) is 4.98 Å². The van der Waals surface area contributed by atoms with Crippen molar-refractivity contribution in [2.75, 3.05) is 6.54 Å². The minimum absolute atomic E-state index is 0.00101. The zero-order valence-corrected chi connectivity index (χ0v) is 11.2. The highest BCUT2D eigenvalue weighted by Crippen LogP contribution is 2.30. The molecule has 2 amide bonds. The van der Waals surface area contributed by atoms with E-state index in [0.29, 0.717) is 6.54 Å². The van der Waals surface area contributed by atoms with Crippen LogP contribution in [0.3, 0.4) is 0 Å². The summed E-state index contributed by atoms with van der Waals surface area (Å²) in [5.41, 5.74) is 2.17. The van der Waals surface area contributed by atoms with Crippen molar-refractivity contribution in [3.05, 3.63) is 54.1 Å². The number of aromatic amines is 1. The second-order valence-electron chi connectivity index (χ2n) is 4.99. The summed E-state index contributed by atoms with van der Waals surface area (Å²) in [6.07, 6.45) is 7.44. The number of hydrogen-bond acceptors (Lipinski definition) is 2. The smallest absolute Gasteiger partial charge is 0.318 e. The average Bonchev–Trinajstić information content (AvgIpc) is 3.15. The number of urea groups is 1. The van der Waals surface area contributed by atoms with Crippen LogP contribution in [0.4, 0.5) is 4.79 Å². The third kappa shape index (κ3) is 2.66. The SMILES string of the molecule is O=C(NCc1ccncc1)N1CCCC1c1ccc[nH]1. The first kappa shape index (κ1) is 12.7. The third-order valence-electron chi connectivity index (χ3n) is 3.69. The van der Waals surface area contributed by atoms with Crippen LogP contribution in [-0.4, -0.2) is 27.4 Å². The Hall–Kier alpha value is -2.30. The van der Waals surface area contributed by atoms with Gasteiger partial charge < -0.3 is 15.2 Å². The van der Waals surface area contributed by atoms with E-state index in [1.807, 2.05) is 35.4 Å². The van der Waals surface area contributed by atoms with Crippen molar-refractivity contribution in [3.8, 4) is 0 Å². The molecule has 5 nitrogen and oxygen atoms in total. The summed E-state index contributed by atoms with van der Waals surface area (Å²) < 4.78 is 0. The summed E-state index contributed by atoms with van der Waals surface area (Å²) in [4.78, 5) is 21.4. The molecule has 2 aromatic rings. The van der Waals surface area contributed by atoms with Crippen LogP contribution in [0.5, 0.6) is 0 Å². The molecule has 0 saturated carbocycles. The minimum Gasteiger partial charge on any atom is -0.363 e. The van der Waals surface area contributed by atoms with Gasteiger partial charge in [-0.2, -0.15) is 0 Å². The average molecular weight is 270 g/mol. The molecule has 1 atom stereocenters. The molecule has 3 rings (SSSR count). The largest absolute Gasteiger partial charge is 0.363 e. The molecule has 20 heavy (non-hydrogen) atoms. The molecule has 1 saturated heterocycles. The number of likely N-dealkylation sites (tertiary alicyclic amines) is 1. The Kier molecular flexibility index (Phi) is 3.67. The maximum Gasteiger partial charge on any atom is 0.318 e. The minimum atomic E-state index is -0.00101. The molecule has 1 unspecified atom stereocenters. The van der Waals surface area contributed by atoms with E-state index >= 15 is 0 Å². The lowest BCUT2D eigenvalue weighted by Crippen LogP contribution is -2.39. The molecule has 3 heterocycles. The van der Waals surface area contributed by atoms with E-state index in [1.54, 1.807) is 12.4 Å². The quantitative estimate of drug-likeness (QED) is 0.900. The number of nitrogens with zero attached hydrogens (tertiary/aromatic N) is 2. The first-order valence-corrected chi connectivity index (χ1v) is 6.91. The van der Waals surface area contributed by atoms with E-state index < -0.39 is 0 Å². The number of carbonyl (C=O) groups excluding carboxylic acids is 1. The molecule has 0 aromatic carbocycles. The predicted octanol–water partition coefficient (Wildman–Crippen LogP) is 2.46. The summed E-state index contributed by atoms with van der Waals surface area (Å²) in [6, 6.07) is 8.00. The van der Waals surface area contributed by atoms with Crippen molar-refractivity contribution in [2.24, 2.45) is 0 Å². The van der Waals surface area contributed by atoms with Gasteiger partial charge in [0.1, 0.15) is 0 Å². The Morgan fingerprint density at radius 2 is 2.25 bits per heavy atom. The highest BCUT2D eigenvalue weighted by molar-refractivity contribution is 5.75. The van der Waals surface area contributed by atoms with Crippen molar-refractivity contribution >= 4 is 6.03 Å². The number of rotatable bonds is 3. The lowest BCUT2D eigenvalue weighted by atomic mass is 10.1. The van der Waals surface area contributed by atoms with Crippen LogP contribution in [0.1, 0.15) is 30.1 Å². The molecular formula is C15H18N4O. The first-order chi connectivity index (χ1) is 9.84. The molecule has 0 bridgehead atoms. The molecule has 1 aliphatic heterocycles. The van der Waals surface area contributed by atoms with Crippen molar-refractivity contribution in [1.82, 2.24) is 20.2 Å². The molecule has 2 aromatic heterocycles. The van der Waals surface area contributed by atoms with Gasteiger partial charge in [-0.15, -0.1) is 0 Å². The molecule has 1 aliphatic rings. The van der Waals surface area contributed by atoms with Gasteiger partial charge in [0.05, 0.1) is 6.04 Å². The first-order valence-electron chi connectivity index (χ1n) is 6.91. The fourth-order valence-corrected chi connectivity index (χ4v) is 2.66. The number of carbonyl (C=O) groups is 1. The Labute approximate surface area is 118 Å². The zero-order valence-electron chi connectivity index (χ0n) is 11.2. The molecule has 104 valence electrons. The van der Waals surface area contributed by atoms with Crippen LogP contribution in [0.25, 0.3) is 0 Å². The van der Waals surface area contributed by atoms with Gasteiger partial charge in [-0.25, -0.2) is 4.79 Å². The van der Waals surface area contributed by atoms with Gasteiger partial charge in [0.15, 0.2) is 0 Å². The van der Waals surface area contributed by atoms with Gasteiger partial charge in [0, 0.05) is 37.4 Å². The fraction of sp³-hybridized carbons (Fsp3) is 0.333. The topological polar surface area (TPSA) is 61.0 Å². The van der Waals surface area contributed by atoms with Crippen LogP contribution in [0.15, 0.2) is 42.9 Å². The highest BCUT2D eigenvalue weighted by Gasteiger charge is 2.30. The van der Waals surface area contributed by atoms with Gasteiger partial charge in [-0.1, -0.05) is 0 Å². The summed E-state index contributed by atoms with van der Waals surface area (Å²) >= 11 is 0. The molecule has 2 N–H and O–H groups in total. The second-order valence-corrected chi connectivity index (χ2v) is 4.99. The maximum atomic E-state index is 12.3. The van der Waals surface area contributed by atoms with Gasteiger partial charge in [0.2, 0.25) is 0 Å². The maximum absolute atomic E-state index is 12.3. The van der Waals surface area contributed by atoms with E-state index in [4.69, 9.17) is 0 Å². The molecular weight excluding hydrogens is 252 g/mol. The van der Waals surface area contributed by atoms with Crippen molar-refractivity contribution in [3.63, 3.8) is 0 Å². The monoisotopic (exact) mass is 270 g/mol. The standard InChI is InChI=1S/C15H18N4O/c20-15(18-11-12-5-8-16-9-6-12)19-10-2-4-14(19)13-3-1-7-17-13/h1,3,5-9,14,17H,2,4,10-11H2,(H,18,20). The molecule has 0 spiro atoms. The number of amides is 2. The fourth-order valence-electron chi connectivity index (χ4n) is 2.66. The molecule has 0 radical (unpaired) electrons. The van der Waals surface area contributed by atoms with Crippen molar-refractivity contribution < 1.29 is 4.79 Å². The molecule has 1 fully saturated rings. The summed E-state index contributed by atoms with van der Waals surface area (Å²) in [5, 5.41) is 2.98. The molecule has 0 aliphatic carbocycles. The zero-order chi connectivity index (χ0) is 13.8. The molecule has 5 heteroatoms. The van der Waals surface area contributed by atoms with Gasteiger partial charge in [0.25, 0.3) is 0 Å². The van der Waals surface area contributed by atoms with E-state index in [0.717, 1.165) is 30.6 Å². The Morgan fingerprint density at radius 1 is 1.40 bits per heavy atom. The van der Waals surface area contributed by atoms with Crippen LogP contribution in [0, 0.1) is 0 Å². The Morgan fingerprint density at radius 3 is 3.00 bits per heavy atom. The lowest BCUT2D eigenvalue weighted by Gasteiger charge is -2.24. The summed E-state index contributed by atoms with van der Waals surface area (Å²) in [6.45, 7) is 1.35. The number of nitrogens with one attached hydrogen (secondary N) is 2. The number of aromatic nitrogens is 2. The lowest BCUT2D eigenvalue weighted by molar-refractivity contribution is 0.191. The van der Waals surface area contributed by atoms with E-state index in [2.05, 4.69) is 15.3 Å². The number of pyridine rings is 1.